The van der Waals surface area contributed by atoms with E-state index >= 15 is 0 Å². The molecular formula is C13H16ClNO. The number of anilines is 1. The third-order valence-electron chi connectivity index (χ3n) is 2.75. The number of hydrogen-bond acceptors (Lipinski definition) is 2. The van der Waals surface area contributed by atoms with Crippen molar-refractivity contribution in [1.82, 2.24) is 0 Å². The number of methoxy groups -OCH3 is 1. The third kappa shape index (κ3) is 1.90. The molecular weight excluding hydrogens is 222 g/mol. The summed E-state index contributed by atoms with van der Waals surface area (Å²) in [6, 6.07) is 3.90. The van der Waals surface area contributed by atoms with Crippen LogP contribution in [-0.2, 0) is 0 Å². The molecule has 2 rings (SSSR count). The maximum absolute atomic E-state index is 6.12. The first kappa shape index (κ1) is 11.3. The SMILES string of the molecule is COc1cc2c(cc1Cl)NC(C)(C)C=C2C. The van der Waals surface area contributed by atoms with Gasteiger partial charge in [-0.3, -0.25) is 0 Å². The molecule has 3 heteroatoms. The highest BCUT2D eigenvalue weighted by molar-refractivity contribution is 6.32. The van der Waals surface area contributed by atoms with E-state index in [0.717, 1.165) is 17.0 Å². The van der Waals surface area contributed by atoms with Crippen molar-refractivity contribution in [1.29, 1.82) is 0 Å². The van der Waals surface area contributed by atoms with Crippen LogP contribution in [0, 0.1) is 0 Å². The number of halogens is 1. The fraction of sp³-hybridized carbons (Fsp3) is 0.385. The quantitative estimate of drug-likeness (QED) is 0.799. The number of fused-ring (bicyclic) bond motifs is 1. The smallest absolute Gasteiger partial charge is 0.138 e. The molecule has 0 atom stereocenters. The zero-order chi connectivity index (χ0) is 11.9. The summed E-state index contributed by atoms with van der Waals surface area (Å²) in [5, 5.41) is 4.08. The third-order valence-corrected chi connectivity index (χ3v) is 3.05. The van der Waals surface area contributed by atoms with Crippen molar-refractivity contribution < 1.29 is 4.74 Å². The molecule has 0 aliphatic carbocycles. The van der Waals surface area contributed by atoms with E-state index in [9.17, 15) is 0 Å². The number of allylic oxidation sites excluding steroid dienone is 1. The van der Waals surface area contributed by atoms with Gasteiger partial charge in [-0.1, -0.05) is 17.7 Å². The topological polar surface area (TPSA) is 21.3 Å². The summed E-state index contributed by atoms with van der Waals surface area (Å²) >= 11 is 6.12. The summed E-state index contributed by atoms with van der Waals surface area (Å²) in [7, 11) is 1.63. The highest BCUT2D eigenvalue weighted by Gasteiger charge is 2.23. The van der Waals surface area contributed by atoms with E-state index in [-0.39, 0.29) is 5.54 Å². The van der Waals surface area contributed by atoms with Gasteiger partial charge in [-0.15, -0.1) is 0 Å². The Bertz CT molecular complexity index is 463. The van der Waals surface area contributed by atoms with Crippen molar-refractivity contribution in [2.75, 3.05) is 12.4 Å². The summed E-state index contributed by atoms with van der Waals surface area (Å²) in [6.07, 6.45) is 2.21. The van der Waals surface area contributed by atoms with Gasteiger partial charge in [0.2, 0.25) is 0 Å². The fourth-order valence-electron chi connectivity index (χ4n) is 2.14. The molecule has 0 aromatic heterocycles. The lowest BCUT2D eigenvalue weighted by molar-refractivity contribution is 0.415. The van der Waals surface area contributed by atoms with Gasteiger partial charge < -0.3 is 10.1 Å². The predicted octanol–water partition coefficient (Wildman–Crippen LogP) is 3.96. The Morgan fingerprint density at radius 3 is 2.62 bits per heavy atom. The molecule has 1 N–H and O–H groups in total. The van der Waals surface area contributed by atoms with Crippen LogP contribution in [0.25, 0.3) is 5.57 Å². The maximum atomic E-state index is 6.12. The Morgan fingerprint density at radius 2 is 2.00 bits per heavy atom. The molecule has 1 aromatic carbocycles. The van der Waals surface area contributed by atoms with E-state index in [1.807, 2.05) is 12.1 Å². The lowest BCUT2D eigenvalue weighted by Gasteiger charge is -2.31. The number of nitrogens with one attached hydrogen (secondary N) is 1. The van der Waals surface area contributed by atoms with Gasteiger partial charge in [0.25, 0.3) is 0 Å². The van der Waals surface area contributed by atoms with Crippen molar-refractivity contribution in [2.45, 2.75) is 26.3 Å². The first-order chi connectivity index (χ1) is 7.43. The zero-order valence-electron chi connectivity index (χ0n) is 10.0. The van der Waals surface area contributed by atoms with Gasteiger partial charge in [0.05, 0.1) is 17.7 Å². The molecule has 0 unspecified atom stereocenters. The molecule has 0 bridgehead atoms. The second-order valence-electron chi connectivity index (χ2n) is 4.71. The van der Waals surface area contributed by atoms with Crippen LogP contribution in [-0.4, -0.2) is 12.6 Å². The van der Waals surface area contributed by atoms with Crippen molar-refractivity contribution in [3.63, 3.8) is 0 Å². The van der Waals surface area contributed by atoms with Gasteiger partial charge in [0.1, 0.15) is 5.75 Å². The van der Waals surface area contributed by atoms with Crippen LogP contribution >= 0.6 is 11.6 Å². The van der Waals surface area contributed by atoms with Gasteiger partial charge in [0, 0.05) is 11.3 Å². The summed E-state index contributed by atoms with van der Waals surface area (Å²) in [5.74, 6) is 0.717. The molecule has 0 spiro atoms. The molecule has 0 saturated heterocycles. The second-order valence-corrected chi connectivity index (χ2v) is 5.11. The molecule has 1 heterocycles. The molecule has 1 aromatic rings. The van der Waals surface area contributed by atoms with E-state index in [0.29, 0.717) is 5.02 Å². The van der Waals surface area contributed by atoms with E-state index in [2.05, 4.69) is 32.2 Å². The first-order valence-electron chi connectivity index (χ1n) is 5.28. The lowest BCUT2D eigenvalue weighted by Crippen LogP contribution is -2.31. The van der Waals surface area contributed by atoms with Gasteiger partial charge in [-0.05, 0) is 38.5 Å². The van der Waals surface area contributed by atoms with E-state index < -0.39 is 0 Å². The van der Waals surface area contributed by atoms with E-state index in [1.54, 1.807) is 7.11 Å². The second kappa shape index (κ2) is 3.70. The average molecular weight is 238 g/mol. The Labute approximate surface area is 101 Å². The fourth-order valence-corrected chi connectivity index (χ4v) is 2.38. The van der Waals surface area contributed by atoms with Crippen LogP contribution in [0.3, 0.4) is 0 Å². The summed E-state index contributed by atoms with van der Waals surface area (Å²) < 4.78 is 5.22. The number of ether oxygens (including phenoxy) is 1. The van der Waals surface area contributed by atoms with Gasteiger partial charge in [-0.2, -0.15) is 0 Å². The molecule has 1 aliphatic rings. The summed E-state index contributed by atoms with van der Waals surface area (Å²) in [6.45, 7) is 6.38. The summed E-state index contributed by atoms with van der Waals surface area (Å²) in [5.41, 5.74) is 3.43. The number of rotatable bonds is 1. The Balaban J connectivity index is 2.58. The molecule has 0 fully saturated rings. The molecule has 16 heavy (non-hydrogen) atoms. The van der Waals surface area contributed by atoms with Gasteiger partial charge in [-0.25, -0.2) is 0 Å². The molecule has 2 nitrogen and oxygen atoms in total. The molecule has 0 amide bonds. The van der Waals surface area contributed by atoms with Crippen LogP contribution in [0.1, 0.15) is 26.3 Å². The monoisotopic (exact) mass is 237 g/mol. The van der Waals surface area contributed by atoms with Crippen molar-refractivity contribution in [3.8, 4) is 5.75 Å². The number of benzene rings is 1. The normalized spacial score (nSPS) is 17.2. The Kier molecular flexibility index (Phi) is 2.62. The lowest BCUT2D eigenvalue weighted by atomic mass is 9.91. The van der Waals surface area contributed by atoms with E-state index in [4.69, 9.17) is 16.3 Å². The minimum Gasteiger partial charge on any atom is -0.495 e. The van der Waals surface area contributed by atoms with Crippen molar-refractivity contribution >= 4 is 22.9 Å². The van der Waals surface area contributed by atoms with Crippen LogP contribution in [0.4, 0.5) is 5.69 Å². The minimum absolute atomic E-state index is 0.0327. The van der Waals surface area contributed by atoms with Gasteiger partial charge >= 0.3 is 0 Å². The van der Waals surface area contributed by atoms with E-state index in [1.165, 1.54) is 5.57 Å². The highest BCUT2D eigenvalue weighted by Crippen LogP contribution is 2.39. The Hall–Kier alpha value is -1.15. The van der Waals surface area contributed by atoms with Gasteiger partial charge in [0.15, 0.2) is 0 Å². The standard InChI is InChI=1S/C13H16ClNO/c1-8-7-13(2,3)15-11-6-10(14)12(16-4)5-9(8)11/h5-7,15H,1-4H3. The minimum atomic E-state index is -0.0327. The van der Waals surface area contributed by atoms with Crippen molar-refractivity contribution in [3.05, 3.63) is 28.8 Å². The average Bonchev–Trinajstić information content (AvgIpc) is 2.14. The summed E-state index contributed by atoms with van der Waals surface area (Å²) in [4.78, 5) is 0. The van der Waals surface area contributed by atoms with Crippen LogP contribution < -0.4 is 10.1 Å². The predicted molar refractivity (Wildman–Crippen MR) is 69.4 cm³/mol. The molecule has 0 saturated carbocycles. The Morgan fingerprint density at radius 1 is 1.31 bits per heavy atom. The number of hydrogen-bond donors (Lipinski definition) is 1. The first-order valence-corrected chi connectivity index (χ1v) is 5.66. The van der Waals surface area contributed by atoms with Crippen molar-refractivity contribution in [2.24, 2.45) is 0 Å². The molecule has 0 radical (unpaired) electrons. The maximum Gasteiger partial charge on any atom is 0.138 e. The van der Waals surface area contributed by atoms with Crippen LogP contribution in [0.5, 0.6) is 5.75 Å². The highest BCUT2D eigenvalue weighted by atomic mass is 35.5. The van der Waals surface area contributed by atoms with Crippen LogP contribution in [0.15, 0.2) is 18.2 Å². The van der Waals surface area contributed by atoms with Crippen LogP contribution in [0.2, 0.25) is 5.02 Å². The molecule has 1 aliphatic heterocycles. The largest absolute Gasteiger partial charge is 0.495 e. The zero-order valence-corrected chi connectivity index (χ0v) is 10.8. The molecule has 86 valence electrons.